The lowest BCUT2D eigenvalue weighted by atomic mass is 10.0. The van der Waals surface area contributed by atoms with Gasteiger partial charge in [-0.25, -0.2) is 8.78 Å². The lowest BCUT2D eigenvalue weighted by Crippen LogP contribution is -1.93. The van der Waals surface area contributed by atoms with Crippen molar-refractivity contribution in [1.29, 1.82) is 0 Å². The van der Waals surface area contributed by atoms with Crippen LogP contribution in [-0.4, -0.2) is 10.1 Å². The van der Waals surface area contributed by atoms with E-state index in [1.807, 2.05) is 18.2 Å². The van der Waals surface area contributed by atoms with Crippen molar-refractivity contribution in [2.45, 2.75) is 19.3 Å². The molecule has 0 saturated heterocycles. The Labute approximate surface area is 121 Å². The third kappa shape index (κ3) is 2.89. The Morgan fingerprint density at radius 3 is 2.62 bits per heavy atom. The van der Waals surface area contributed by atoms with Crippen LogP contribution in [0.25, 0.3) is 10.9 Å². The normalized spacial score (nSPS) is 11.4. The Bertz CT molecular complexity index is 764. The molecule has 4 heteroatoms. The summed E-state index contributed by atoms with van der Waals surface area (Å²) in [5.41, 5.74) is 2.78. The average Bonchev–Trinajstić information content (AvgIpc) is 2.94. The molecular weight excluding hydrogens is 272 g/mol. The summed E-state index contributed by atoms with van der Waals surface area (Å²) in [5, 5.41) is 10.7. The number of aromatic hydroxyl groups is 1. The predicted molar refractivity (Wildman–Crippen MR) is 78.8 cm³/mol. The van der Waals surface area contributed by atoms with E-state index in [1.54, 1.807) is 18.3 Å². The van der Waals surface area contributed by atoms with Crippen molar-refractivity contribution in [2.24, 2.45) is 0 Å². The van der Waals surface area contributed by atoms with Crippen molar-refractivity contribution in [3.63, 3.8) is 0 Å². The maximum atomic E-state index is 12.7. The number of aromatic amines is 1. The monoisotopic (exact) mass is 287 g/mol. The maximum Gasteiger partial charge on any atom is 0.263 e. The maximum absolute atomic E-state index is 12.7. The number of aryl methyl sites for hydroxylation is 2. The van der Waals surface area contributed by atoms with Gasteiger partial charge in [-0.15, -0.1) is 0 Å². The molecule has 0 radical (unpaired) electrons. The first-order valence-electron chi connectivity index (χ1n) is 6.79. The average molecular weight is 287 g/mol. The largest absolute Gasteiger partial charge is 0.507 e. The zero-order valence-electron chi connectivity index (χ0n) is 11.3. The molecule has 0 saturated carbocycles. The molecule has 0 spiro atoms. The first-order chi connectivity index (χ1) is 10.1. The highest BCUT2D eigenvalue weighted by atomic mass is 19.3. The summed E-state index contributed by atoms with van der Waals surface area (Å²) < 4.78 is 25.3. The van der Waals surface area contributed by atoms with Gasteiger partial charge in [-0.3, -0.25) is 0 Å². The SMILES string of the molecule is Oc1cc(CCc2cccc(C(F)F)c2)cc2[nH]ccc12. The van der Waals surface area contributed by atoms with E-state index in [4.69, 9.17) is 0 Å². The van der Waals surface area contributed by atoms with Crippen molar-refractivity contribution in [3.8, 4) is 5.75 Å². The fourth-order valence-electron chi connectivity index (χ4n) is 2.52. The Morgan fingerprint density at radius 2 is 1.81 bits per heavy atom. The third-order valence-electron chi connectivity index (χ3n) is 3.61. The number of nitrogens with one attached hydrogen (secondary N) is 1. The molecule has 0 bridgehead atoms. The number of aromatic nitrogens is 1. The number of hydrogen-bond donors (Lipinski definition) is 2. The standard InChI is InChI=1S/C17H15F2NO/c18-17(19)13-3-1-2-11(8-13)4-5-12-9-15-14(6-7-20-15)16(21)10-12/h1-3,6-10,17,20-21H,4-5H2. The van der Waals surface area contributed by atoms with Crippen LogP contribution in [0.2, 0.25) is 0 Å². The number of halogens is 2. The second kappa shape index (κ2) is 5.56. The molecule has 21 heavy (non-hydrogen) atoms. The van der Waals surface area contributed by atoms with Crippen molar-refractivity contribution >= 4 is 10.9 Å². The number of hydrogen-bond acceptors (Lipinski definition) is 1. The van der Waals surface area contributed by atoms with Gasteiger partial charge in [-0.1, -0.05) is 24.3 Å². The van der Waals surface area contributed by atoms with Gasteiger partial charge in [0.2, 0.25) is 0 Å². The fourth-order valence-corrected chi connectivity index (χ4v) is 2.52. The molecule has 108 valence electrons. The molecular formula is C17H15F2NO. The minimum absolute atomic E-state index is 0.0511. The second-order valence-electron chi connectivity index (χ2n) is 5.10. The van der Waals surface area contributed by atoms with Gasteiger partial charge in [0.25, 0.3) is 6.43 Å². The van der Waals surface area contributed by atoms with Gasteiger partial charge in [-0.05, 0) is 42.2 Å². The molecule has 2 aromatic carbocycles. The van der Waals surface area contributed by atoms with Crippen LogP contribution < -0.4 is 0 Å². The molecule has 2 N–H and O–H groups in total. The summed E-state index contributed by atoms with van der Waals surface area (Å²) in [5.74, 6) is 0.241. The molecule has 1 aromatic heterocycles. The lowest BCUT2D eigenvalue weighted by Gasteiger charge is -2.06. The van der Waals surface area contributed by atoms with E-state index in [0.717, 1.165) is 22.0 Å². The molecule has 0 aliphatic heterocycles. The van der Waals surface area contributed by atoms with Gasteiger partial charge in [0.1, 0.15) is 5.75 Å². The number of rotatable bonds is 4. The predicted octanol–water partition coefficient (Wildman–Crippen LogP) is 4.60. The minimum Gasteiger partial charge on any atom is -0.507 e. The van der Waals surface area contributed by atoms with Gasteiger partial charge in [-0.2, -0.15) is 0 Å². The summed E-state index contributed by atoms with van der Waals surface area (Å²) in [4.78, 5) is 3.06. The fraction of sp³-hybridized carbons (Fsp3) is 0.176. The molecule has 0 unspecified atom stereocenters. The van der Waals surface area contributed by atoms with Crippen LogP contribution in [0.15, 0.2) is 48.7 Å². The molecule has 0 aliphatic carbocycles. The number of phenols is 1. The topological polar surface area (TPSA) is 36.0 Å². The van der Waals surface area contributed by atoms with Crippen LogP contribution in [0.5, 0.6) is 5.75 Å². The van der Waals surface area contributed by atoms with E-state index in [-0.39, 0.29) is 11.3 Å². The van der Waals surface area contributed by atoms with Gasteiger partial charge in [0.05, 0.1) is 0 Å². The van der Waals surface area contributed by atoms with Gasteiger partial charge in [0.15, 0.2) is 0 Å². The summed E-state index contributed by atoms with van der Waals surface area (Å²) in [6, 6.07) is 12.0. The highest BCUT2D eigenvalue weighted by Gasteiger charge is 2.08. The summed E-state index contributed by atoms with van der Waals surface area (Å²) >= 11 is 0. The van der Waals surface area contributed by atoms with E-state index in [1.165, 1.54) is 12.1 Å². The van der Waals surface area contributed by atoms with Crippen molar-refractivity contribution in [2.75, 3.05) is 0 Å². The van der Waals surface area contributed by atoms with E-state index in [9.17, 15) is 13.9 Å². The number of H-pyrrole nitrogens is 1. The van der Waals surface area contributed by atoms with Crippen molar-refractivity contribution < 1.29 is 13.9 Å². The van der Waals surface area contributed by atoms with Gasteiger partial charge < -0.3 is 10.1 Å². The van der Waals surface area contributed by atoms with Crippen LogP contribution in [0, 0.1) is 0 Å². The zero-order chi connectivity index (χ0) is 14.8. The quantitative estimate of drug-likeness (QED) is 0.723. The molecule has 1 heterocycles. The van der Waals surface area contributed by atoms with Crippen LogP contribution >= 0.6 is 0 Å². The summed E-state index contributed by atoms with van der Waals surface area (Å²) in [6.07, 6.45) is 0.686. The molecule has 0 amide bonds. The molecule has 3 aromatic rings. The van der Waals surface area contributed by atoms with E-state index < -0.39 is 6.43 Å². The number of fused-ring (bicyclic) bond motifs is 1. The number of alkyl halides is 2. The number of benzene rings is 2. The van der Waals surface area contributed by atoms with E-state index in [0.29, 0.717) is 12.8 Å². The van der Waals surface area contributed by atoms with Gasteiger partial charge in [0, 0.05) is 22.7 Å². The van der Waals surface area contributed by atoms with Crippen LogP contribution in [0.4, 0.5) is 8.78 Å². The summed E-state index contributed by atoms with van der Waals surface area (Å²) in [7, 11) is 0. The molecule has 0 aliphatic rings. The molecule has 0 fully saturated rings. The van der Waals surface area contributed by atoms with Gasteiger partial charge >= 0.3 is 0 Å². The Balaban J connectivity index is 1.78. The van der Waals surface area contributed by atoms with Crippen LogP contribution in [-0.2, 0) is 12.8 Å². The molecule has 2 nitrogen and oxygen atoms in total. The van der Waals surface area contributed by atoms with Crippen LogP contribution in [0.1, 0.15) is 23.1 Å². The second-order valence-corrected chi connectivity index (χ2v) is 5.10. The molecule has 3 rings (SSSR count). The van der Waals surface area contributed by atoms with Crippen molar-refractivity contribution in [3.05, 3.63) is 65.4 Å². The zero-order valence-corrected chi connectivity index (χ0v) is 11.3. The van der Waals surface area contributed by atoms with E-state index >= 15 is 0 Å². The Kier molecular flexibility index (Phi) is 3.60. The highest BCUT2D eigenvalue weighted by Crippen LogP contribution is 2.26. The Hall–Kier alpha value is -2.36. The van der Waals surface area contributed by atoms with E-state index in [2.05, 4.69) is 4.98 Å². The number of phenolic OH excluding ortho intramolecular Hbond substituents is 1. The first kappa shape index (κ1) is 13.6. The molecule has 0 atom stereocenters. The summed E-state index contributed by atoms with van der Waals surface area (Å²) in [6.45, 7) is 0. The Morgan fingerprint density at radius 1 is 1.00 bits per heavy atom. The first-order valence-corrected chi connectivity index (χ1v) is 6.79. The smallest absolute Gasteiger partial charge is 0.263 e. The van der Waals surface area contributed by atoms with Crippen LogP contribution in [0.3, 0.4) is 0 Å². The minimum atomic E-state index is -2.44. The lowest BCUT2D eigenvalue weighted by molar-refractivity contribution is 0.151. The van der Waals surface area contributed by atoms with Crippen molar-refractivity contribution in [1.82, 2.24) is 4.98 Å². The highest BCUT2D eigenvalue weighted by molar-refractivity contribution is 5.86. The third-order valence-corrected chi connectivity index (χ3v) is 3.61.